The van der Waals surface area contributed by atoms with Gasteiger partial charge in [0.25, 0.3) is 6.43 Å². The average molecular weight is 593 g/mol. The molecular weight excluding hydrogens is 576 g/mol. The Balaban J connectivity index is 1.78. The van der Waals surface area contributed by atoms with Gasteiger partial charge < -0.3 is 5.32 Å². The van der Waals surface area contributed by atoms with Gasteiger partial charge in [-0.2, -0.15) is 5.10 Å². The van der Waals surface area contributed by atoms with Crippen LogP contribution in [0.15, 0.2) is 35.2 Å². The van der Waals surface area contributed by atoms with Crippen LogP contribution < -0.4 is 5.32 Å². The number of anilines is 2. The van der Waals surface area contributed by atoms with Crippen molar-refractivity contribution in [3.8, 4) is 11.3 Å². The Morgan fingerprint density at radius 2 is 1.97 bits per heavy atom. The highest BCUT2D eigenvalue weighted by Gasteiger charge is 2.22. The topological polar surface area (TPSA) is 60.6 Å². The second-order valence-electron chi connectivity index (χ2n) is 6.69. The lowest BCUT2D eigenvalue weighted by Crippen LogP contribution is -1.96. The first-order valence-corrected chi connectivity index (χ1v) is 14.7. The SMILES string of the molecule is CSc1cc(-c2cc(C)n(C)n2)ccc1Nc1cc(Cl)nc2c1nc(C(F)F)n2PI. The van der Waals surface area contributed by atoms with Gasteiger partial charge in [-0.25, -0.2) is 18.7 Å². The van der Waals surface area contributed by atoms with Gasteiger partial charge in [-0.1, -0.05) is 17.7 Å². The van der Waals surface area contributed by atoms with Crippen LogP contribution in [-0.4, -0.2) is 30.3 Å². The molecule has 0 aliphatic carbocycles. The third-order valence-electron chi connectivity index (χ3n) is 4.77. The van der Waals surface area contributed by atoms with Crippen molar-refractivity contribution in [2.75, 3.05) is 11.6 Å². The fourth-order valence-electron chi connectivity index (χ4n) is 3.16. The van der Waals surface area contributed by atoms with Crippen molar-refractivity contribution < 1.29 is 8.78 Å². The van der Waals surface area contributed by atoms with Gasteiger partial charge in [0, 0.05) is 29.3 Å². The Morgan fingerprint density at radius 1 is 1.19 bits per heavy atom. The number of rotatable bonds is 6. The zero-order chi connectivity index (χ0) is 22.3. The van der Waals surface area contributed by atoms with Crippen LogP contribution >= 0.6 is 51.8 Å². The maximum atomic E-state index is 13.5. The third kappa shape index (κ3) is 4.40. The second kappa shape index (κ2) is 9.17. The van der Waals surface area contributed by atoms with Gasteiger partial charge in [0.05, 0.1) is 23.4 Å². The molecule has 4 aromatic rings. The van der Waals surface area contributed by atoms with E-state index in [2.05, 4.69) is 20.4 Å². The highest BCUT2D eigenvalue weighted by Crippen LogP contribution is 2.39. The monoisotopic (exact) mass is 592 g/mol. The van der Waals surface area contributed by atoms with Gasteiger partial charge in [-0.3, -0.25) is 9.02 Å². The van der Waals surface area contributed by atoms with Gasteiger partial charge >= 0.3 is 0 Å². The van der Waals surface area contributed by atoms with E-state index in [0.717, 1.165) is 27.5 Å². The fraction of sp³-hybridized carbons (Fsp3) is 0.211. The summed E-state index contributed by atoms with van der Waals surface area (Å²) in [6, 6.07) is 9.59. The molecule has 0 bridgehead atoms. The molecule has 0 amide bonds. The summed E-state index contributed by atoms with van der Waals surface area (Å²) in [6.45, 7) is 2.00. The number of pyridine rings is 1. The van der Waals surface area contributed by atoms with Gasteiger partial charge in [-0.05, 0) is 53.4 Å². The molecule has 0 spiro atoms. The van der Waals surface area contributed by atoms with Crippen LogP contribution in [0.1, 0.15) is 17.9 Å². The van der Waals surface area contributed by atoms with Crippen LogP contribution in [0, 0.1) is 6.92 Å². The molecule has 1 atom stereocenters. The lowest BCUT2D eigenvalue weighted by molar-refractivity contribution is 0.140. The van der Waals surface area contributed by atoms with Crippen molar-refractivity contribution in [3.63, 3.8) is 0 Å². The van der Waals surface area contributed by atoms with Crippen LogP contribution in [0.25, 0.3) is 22.4 Å². The third-order valence-corrected chi connectivity index (χ3v) is 7.80. The second-order valence-corrected chi connectivity index (χ2v) is 9.99. The van der Waals surface area contributed by atoms with E-state index in [1.807, 2.05) is 71.2 Å². The minimum absolute atomic E-state index is 0.0235. The number of aryl methyl sites for hydroxylation is 2. The van der Waals surface area contributed by atoms with E-state index >= 15 is 0 Å². The first kappa shape index (κ1) is 22.7. The van der Waals surface area contributed by atoms with Crippen LogP contribution in [-0.2, 0) is 7.05 Å². The summed E-state index contributed by atoms with van der Waals surface area (Å²) in [5.74, 6) is -0.313. The van der Waals surface area contributed by atoms with E-state index in [4.69, 9.17) is 11.6 Å². The molecule has 3 aromatic heterocycles. The summed E-state index contributed by atoms with van der Waals surface area (Å²) in [4.78, 5) is 9.38. The minimum Gasteiger partial charge on any atom is -0.353 e. The van der Waals surface area contributed by atoms with Crippen LogP contribution in [0.5, 0.6) is 0 Å². The summed E-state index contributed by atoms with van der Waals surface area (Å²) in [5, 5.41) is 8.06. The molecule has 0 aliphatic rings. The number of thioether (sulfide) groups is 1. The Labute approximate surface area is 201 Å². The molecule has 1 aromatic carbocycles. The van der Waals surface area contributed by atoms with E-state index in [1.54, 1.807) is 17.8 Å². The smallest absolute Gasteiger partial charge is 0.295 e. The van der Waals surface area contributed by atoms with Crippen LogP contribution in [0.2, 0.25) is 5.15 Å². The number of nitrogens with zero attached hydrogens (tertiary/aromatic N) is 5. The fourth-order valence-corrected chi connectivity index (χ4v) is 5.83. The molecule has 0 aliphatic heterocycles. The number of fused-ring (bicyclic) bond motifs is 1. The van der Waals surface area contributed by atoms with E-state index in [0.29, 0.717) is 16.9 Å². The van der Waals surface area contributed by atoms with Crippen molar-refractivity contribution >= 4 is 74.3 Å². The lowest BCUT2D eigenvalue weighted by atomic mass is 10.1. The molecule has 12 heteroatoms. The molecule has 0 saturated carbocycles. The Kier molecular flexibility index (Phi) is 6.71. The normalized spacial score (nSPS) is 12.0. The highest BCUT2D eigenvalue weighted by molar-refractivity contribution is 14.2. The van der Waals surface area contributed by atoms with E-state index in [-0.39, 0.29) is 17.4 Å². The molecule has 0 fully saturated rings. The number of aromatic nitrogens is 5. The number of alkyl halides is 2. The van der Waals surface area contributed by atoms with Gasteiger partial charge in [0.15, 0.2) is 11.5 Å². The summed E-state index contributed by atoms with van der Waals surface area (Å²) in [5.41, 5.74) is 4.99. The van der Waals surface area contributed by atoms with E-state index in [1.165, 1.54) is 4.34 Å². The highest BCUT2D eigenvalue weighted by atomic mass is 127. The molecule has 0 radical (unpaired) electrons. The first-order chi connectivity index (χ1) is 14.8. The van der Waals surface area contributed by atoms with Crippen LogP contribution in [0.4, 0.5) is 20.2 Å². The summed E-state index contributed by atoms with van der Waals surface area (Å²) in [6.07, 6.45) is -0.703. The number of halogens is 4. The van der Waals surface area contributed by atoms with Crippen molar-refractivity contribution in [3.05, 3.63) is 47.0 Å². The number of hydrogen-bond donors (Lipinski definition) is 1. The predicted octanol–water partition coefficient (Wildman–Crippen LogP) is 6.99. The summed E-state index contributed by atoms with van der Waals surface area (Å²) < 4.78 is 30.2. The molecule has 3 heterocycles. The van der Waals surface area contributed by atoms with Crippen molar-refractivity contribution in [1.82, 2.24) is 24.1 Å². The standard InChI is InChI=1S/C19H17ClF2IN6PS/c1-9-6-12(27-28(9)2)10-4-5-11(14(7-10)31-3)24-13-8-15(20)25-18-16(13)26-19(17(21)22)29(18)30-23/h4-8,17,30H,1-3H3,(H,24,25). The Hall–Kier alpha value is -1.49. The Morgan fingerprint density at radius 3 is 2.58 bits per heavy atom. The average Bonchev–Trinajstić information content (AvgIpc) is 3.28. The maximum absolute atomic E-state index is 13.5. The predicted molar refractivity (Wildman–Crippen MR) is 134 cm³/mol. The quantitative estimate of drug-likeness (QED) is 0.113. The Bertz CT molecular complexity index is 1260. The van der Waals surface area contributed by atoms with E-state index in [9.17, 15) is 8.78 Å². The van der Waals surface area contributed by atoms with Crippen LogP contribution in [0.3, 0.4) is 0 Å². The molecule has 1 N–H and O–H groups in total. The summed E-state index contributed by atoms with van der Waals surface area (Å²) >= 11 is 9.81. The number of hydrogen-bond acceptors (Lipinski definition) is 5. The van der Waals surface area contributed by atoms with Gasteiger partial charge in [0.1, 0.15) is 10.7 Å². The molecule has 0 saturated heterocycles. The van der Waals surface area contributed by atoms with Gasteiger partial charge in [-0.15, -0.1) is 11.8 Å². The van der Waals surface area contributed by atoms with E-state index < -0.39 is 6.43 Å². The molecular formula is C19H17ClF2IN6PS. The molecule has 4 rings (SSSR count). The molecule has 6 nitrogen and oxygen atoms in total. The number of nitrogens with one attached hydrogen (secondary N) is 1. The van der Waals surface area contributed by atoms with Crippen molar-refractivity contribution in [1.29, 1.82) is 0 Å². The first-order valence-electron chi connectivity index (χ1n) is 9.02. The number of benzene rings is 1. The minimum atomic E-state index is -2.70. The zero-order valence-electron chi connectivity index (χ0n) is 16.6. The van der Waals surface area contributed by atoms with Crippen molar-refractivity contribution in [2.24, 2.45) is 7.05 Å². The van der Waals surface area contributed by atoms with Gasteiger partial charge in [0.2, 0.25) is 0 Å². The number of imidazole rings is 1. The molecule has 31 heavy (non-hydrogen) atoms. The zero-order valence-corrected chi connectivity index (χ0v) is 21.4. The lowest BCUT2D eigenvalue weighted by Gasteiger charge is -2.13. The molecule has 162 valence electrons. The molecule has 1 unspecified atom stereocenters. The largest absolute Gasteiger partial charge is 0.353 e. The summed E-state index contributed by atoms with van der Waals surface area (Å²) in [7, 11) is 1.91. The van der Waals surface area contributed by atoms with Crippen molar-refractivity contribution in [2.45, 2.75) is 18.2 Å². The maximum Gasteiger partial charge on any atom is 0.295 e.